The highest BCUT2D eigenvalue weighted by atomic mass is 31.2. The number of esters is 2. The molecule has 5 atom stereocenters. The third-order valence-corrected chi connectivity index (χ3v) is 10.3. The normalized spacial score (nSPS) is 21.2. The fraction of sp³-hybridized carbons (Fsp3) is 0.900. The van der Waals surface area contributed by atoms with Crippen molar-refractivity contribution in [2.45, 2.75) is 173 Å². The minimum absolute atomic E-state index is 0.00895. The Balaban J connectivity index is 1.84. The van der Waals surface area contributed by atoms with Gasteiger partial charge in [-0.3, -0.25) is 18.6 Å². The number of rotatable bonds is 31. The van der Waals surface area contributed by atoms with Crippen molar-refractivity contribution in [1.29, 1.82) is 0 Å². The first-order valence-electron chi connectivity index (χ1n) is 20.7. The number of hydrogen-bond acceptors (Lipinski definition) is 11. The molecule has 2 rings (SSSR count). The molecule has 1 N–H and O–H groups in total. The molecule has 0 spiro atoms. The van der Waals surface area contributed by atoms with E-state index in [4.69, 9.17) is 37.5 Å². The molecule has 5 unspecified atom stereocenters. The molecule has 0 aliphatic carbocycles. The number of carbonyl (C=O) groups excluding carboxylic acids is 2. The summed E-state index contributed by atoms with van der Waals surface area (Å²) in [4.78, 5) is 36.0. The first kappa shape index (κ1) is 48.7. The highest BCUT2D eigenvalue weighted by Gasteiger charge is 2.32. The lowest BCUT2D eigenvalue weighted by Gasteiger charge is -2.27. The number of nitrogens with zero attached hydrogens (tertiary/aromatic N) is 1. The van der Waals surface area contributed by atoms with Gasteiger partial charge in [-0.25, -0.2) is 4.57 Å². The van der Waals surface area contributed by atoms with Crippen molar-refractivity contribution in [3.63, 3.8) is 0 Å². The molecule has 0 aromatic rings. The number of likely N-dealkylation sites (N-methyl/N-ethyl adjacent to an activating group) is 1. The largest absolute Gasteiger partial charge is 0.472 e. The molecular formula is C40H75NO12P+. The lowest BCUT2D eigenvalue weighted by Crippen LogP contribution is -2.37. The van der Waals surface area contributed by atoms with Gasteiger partial charge in [0.1, 0.15) is 25.9 Å². The quantitative estimate of drug-likeness (QED) is 0.0238. The first-order valence-corrected chi connectivity index (χ1v) is 22.2. The maximum absolute atomic E-state index is 13.1. The van der Waals surface area contributed by atoms with Crippen molar-refractivity contribution in [3.05, 3.63) is 12.2 Å². The molecule has 2 aliphatic rings. The van der Waals surface area contributed by atoms with Gasteiger partial charge in [0.25, 0.3) is 0 Å². The topological polar surface area (TPSA) is 145 Å². The summed E-state index contributed by atoms with van der Waals surface area (Å²) >= 11 is 0. The summed E-state index contributed by atoms with van der Waals surface area (Å²) in [5.74, 6) is -1.69. The molecule has 13 nitrogen and oxygen atoms in total. The molecule has 2 heterocycles. The predicted molar refractivity (Wildman–Crippen MR) is 208 cm³/mol. The number of carbonyl (C=O) groups is 2. The van der Waals surface area contributed by atoms with Crippen LogP contribution in [0.25, 0.3) is 0 Å². The lowest BCUT2D eigenvalue weighted by atomic mass is 10.0. The van der Waals surface area contributed by atoms with Gasteiger partial charge in [-0.15, -0.1) is 0 Å². The SMILES string of the molecule is CCCCCCCCCCCCCCCC(=O)OCC(COP(=O)(O)OCC[N+](C)(C)C)OC(=O)CCC(/C=C/C1COC(C)(C)O1)OC1CCCCO1. The van der Waals surface area contributed by atoms with E-state index >= 15 is 0 Å². The molecule has 0 aromatic carbocycles. The summed E-state index contributed by atoms with van der Waals surface area (Å²) in [5.41, 5.74) is 0. The zero-order valence-electron chi connectivity index (χ0n) is 34.5. The van der Waals surface area contributed by atoms with Crippen LogP contribution in [-0.4, -0.2) is 112 Å². The Morgan fingerprint density at radius 3 is 2.11 bits per heavy atom. The van der Waals surface area contributed by atoms with Crippen LogP contribution in [0.3, 0.4) is 0 Å². The number of unbranched alkanes of at least 4 members (excludes halogenated alkanes) is 12. The van der Waals surface area contributed by atoms with Crippen LogP contribution >= 0.6 is 7.82 Å². The molecule has 0 aromatic heterocycles. The Hall–Kier alpha value is -1.41. The highest BCUT2D eigenvalue weighted by Crippen LogP contribution is 2.43. The Labute approximate surface area is 326 Å². The zero-order valence-corrected chi connectivity index (χ0v) is 35.4. The van der Waals surface area contributed by atoms with E-state index in [9.17, 15) is 19.0 Å². The van der Waals surface area contributed by atoms with E-state index in [1.165, 1.54) is 57.8 Å². The van der Waals surface area contributed by atoms with Crippen molar-refractivity contribution < 1.29 is 61.0 Å². The van der Waals surface area contributed by atoms with Crippen LogP contribution < -0.4 is 0 Å². The second-order valence-electron chi connectivity index (χ2n) is 16.2. The number of hydrogen-bond donors (Lipinski definition) is 1. The number of phosphoric acid groups is 1. The van der Waals surface area contributed by atoms with Crippen molar-refractivity contribution in [3.8, 4) is 0 Å². The van der Waals surface area contributed by atoms with Crippen LogP contribution in [0.15, 0.2) is 12.2 Å². The van der Waals surface area contributed by atoms with E-state index in [1.54, 1.807) is 0 Å². The summed E-state index contributed by atoms with van der Waals surface area (Å²) in [5, 5.41) is 0. The Bertz CT molecular complexity index is 1090. The molecule has 0 radical (unpaired) electrons. The second kappa shape index (κ2) is 27.3. The van der Waals surface area contributed by atoms with E-state index in [1.807, 2.05) is 47.1 Å². The van der Waals surface area contributed by atoms with Gasteiger partial charge in [0.05, 0.1) is 40.5 Å². The number of phosphoric ester groups is 1. The summed E-state index contributed by atoms with van der Waals surface area (Å²) < 4.78 is 58.0. The molecule has 14 heteroatoms. The van der Waals surface area contributed by atoms with Gasteiger partial charge >= 0.3 is 19.8 Å². The summed E-state index contributed by atoms with van der Waals surface area (Å²) in [6.07, 6.45) is 20.4. The van der Waals surface area contributed by atoms with Gasteiger partial charge in [-0.1, -0.05) is 96.1 Å². The van der Waals surface area contributed by atoms with Crippen molar-refractivity contribution >= 4 is 19.8 Å². The van der Waals surface area contributed by atoms with Crippen molar-refractivity contribution in [2.24, 2.45) is 0 Å². The Morgan fingerprint density at radius 1 is 0.889 bits per heavy atom. The lowest BCUT2D eigenvalue weighted by molar-refractivity contribution is -0.870. The maximum atomic E-state index is 13.1. The van der Waals surface area contributed by atoms with Crippen LogP contribution in [0.2, 0.25) is 0 Å². The first-order chi connectivity index (χ1) is 25.7. The average Bonchev–Trinajstić information content (AvgIpc) is 3.47. The van der Waals surface area contributed by atoms with E-state index < -0.39 is 44.4 Å². The Morgan fingerprint density at radius 2 is 1.54 bits per heavy atom. The van der Waals surface area contributed by atoms with Gasteiger partial charge in [-0.05, 0) is 46.0 Å². The van der Waals surface area contributed by atoms with Crippen molar-refractivity contribution in [2.75, 3.05) is 60.7 Å². The van der Waals surface area contributed by atoms with Gasteiger partial charge in [0.2, 0.25) is 0 Å². The molecule has 2 fully saturated rings. The molecular weight excluding hydrogens is 717 g/mol. The fourth-order valence-electron chi connectivity index (χ4n) is 6.09. The van der Waals surface area contributed by atoms with E-state index in [0.717, 1.165) is 38.5 Å². The number of ether oxygens (including phenoxy) is 6. The van der Waals surface area contributed by atoms with Crippen LogP contribution in [0.5, 0.6) is 0 Å². The molecule has 316 valence electrons. The third kappa shape index (κ3) is 25.7. The third-order valence-electron chi connectivity index (χ3n) is 9.32. The molecule has 0 bridgehead atoms. The van der Waals surface area contributed by atoms with E-state index in [-0.39, 0.29) is 44.9 Å². The fourth-order valence-corrected chi connectivity index (χ4v) is 6.83. The van der Waals surface area contributed by atoms with Crippen LogP contribution in [-0.2, 0) is 51.6 Å². The molecule has 2 aliphatic heterocycles. The molecule has 2 saturated heterocycles. The van der Waals surface area contributed by atoms with Crippen LogP contribution in [0.4, 0.5) is 0 Å². The van der Waals surface area contributed by atoms with Gasteiger partial charge in [-0.2, -0.15) is 0 Å². The monoisotopic (exact) mass is 793 g/mol. The predicted octanol–water partition coefficient (Wildman–Crippen LogP) is 8.16. The minimum Gasteiger partial charge on any atom is -0.462 e. The van der Waals surface area contributed by atoms with Crippen LogP contribution in [0, 0.1) is 0 Å². The van der Waals surface area contributed by atoms with Crippen LogP contribution in [0.1, 0.15) is 143 Å². The molecule has 0 amide bonds. The Kier molecular flexibility index (Phi) is 24.6. The average molecular weight is 793 g/mol. The molecule has 54 heavy (non-hydrogen) atoms. The summed E-state index contributed by atoms with van der Waals surface area (Å²) in [7, 11) is 1.34. The minimum atomic E-state index is -4.45. The van der Waals surface area contributed by atoms with E-state index in [0.29, 0.717) is 30.7 Å². The second-order valence-corrected chi connectivity index (χ2v) is 17.6. The highest BCUT2D eigenvalue weighted by molar-refractivity contribution is 7.47. The van der Waals surface area contributed by atoms with Gasteiger partial charge < -0.3 is 37.8 Å². The van der Waals surface area contributed by atoms with Crippen molar-refractivity contribution in [1.82, 2.24) is 0 Å². The summed E-state index contributed by atoms with van der Waals surface area (Å²) in [6.45, 7) is 6.64. The standard InChI is InChI=1S/C40H74NO12P/c1-7-8-9-10-11-12-13-14-15-16-17-18-19-22-37(42)47-31-36(33-50-54(44,45)49-30-28-41(4,5)6)51-38(43)27-26-34(52-39-23-20-21-29-46-39)24-25-35-32-48-40(2,3)53-35/h24-25,34-36,39H,7-23,26-33H2,1-6H3/p+1/b25-24+. The van der Waals surface area contributed by atoms with Gasteiger partial charge in [0.15, 0.2) is 18.2 Å². The zero-order chi connectivity index (χ0) is 39.7. The van der Waals surface area contributed by atoms with Gasteiger partial charge in [0, 0.05) is 19.4 Å². The van der Waals surface area contributed by atoms with E-state index in [2.05, 4.69) is 6.92 Å². The number of quaternary nitrogens is 1. The summed E-state index contributed by atoms with van der Waals surface area (Å²) in [6, 6.07) is 0. The smallest absolute Gasteiger partial charge is 0.462 e. The molecule has 0 saturated carbocycles. The maximum Gasteiger partial charge on any atom is 0.472 e.